The van der Waals surface area contributed by atoms with Gasteiger partial charge in [-0.3, -0.25) is 4.98 Å². The summed E-state index contributed by atoms with van der Waals surface area (Å²) in [4.78, 5) is 20.3. The number of ether oxygens (including phenoxy) is 2. The molecule has 0 radical (unpaired) electrons. The molecule has 0 spiro atoms. The average Bonchev–Trinajstić information content (AvgIpc) is 3.17. The highest BCUT2D eigenvalue weighted by Crippen LogP contribution is 2.24. The van der Waals surface area contributed by atoms with E-state index in [1.807, 2.05) is 42.5 Å². The minimum Gasteiger partial charge on any atom is -0.443 e. The summed E-state index contributed by atoms with van der Waals surface area (Å²) in [6, 6.07) is 25.6. The van der Waals surface area contributed by atoms with E-state index in [2.05, 4.69) is 35.9 Å². The van der Waals surface area contributed by atoms with E-state index in [-0.39, 0.29) is 16.5 Å². The van der Waals surface area contributed by atoms with Gasteiger partial charge >= 0.3 is 5.97 Å². The number of hydrogen-bond acceptors (Lipinski definition) is 6. The Kier molecular flexibility index (Phi) is 13.3. The fourth-order valence-corrected chi connectivity index (χ4v) is 5.39. The number of esters is 1. The first-order valence-corrected chi connectivity index (χ1v) is 17.2. The molecule has 0 aliphatic heterocycles. The van der Waals surface area contributed by atoms with Crippen LogP contribution in [-0.4, -0.2) is 21.0 Å². The molecule has 5 nitrogen and oxygen atoms in total. The van der Waals surface area contributed by atoms with Crippen molar-refractivity contribution in [1.82, 2.24) is 9.97 Å². The molecule has 0 fully saturated rings. The smallest absolute Gasteiger partial charge is 0.362 e. The topological polar surface area (TPSA) is 61.3 Å². The van der Waals surface area contributed by atoms with Gasteiger partial charge in [-0.15, -0.1) is 0 Å². The van der Waals surface area contributed by atoms with Crippen molar-refractivity contribution in [3.05, 3.63) is 167 Å². The molecule has 6 rings (SSSR count). The highest BCUT2D eigenvalue weighted by Gasteiger charge is 2.17. The molecular weight excluding hydrogens is 727 g/mol. The lowest BCUT2D eigenvalue weighted by atomic mass is 10.0. The number of pyridine rings is 2. The van der Waals surface area contributed by atoms with E-state index in [0.29, 0.717) is 17.8 Å². The van der Waals surface area contributed by atoms with Gasteiger partial charge in [0.25, 0.3) is 0 Å². The first-order chi connectivity index (χ1) is 25.9. The molecule has 0 aliphatic carbocycles. The van der Waals surface area contributed by atoms with Crippen molar-refractivity contribution in [2.24, 2.45) is 0 Å². The largest absolute Gasteiger partial charge is 0.443 e. The Morgan fingerprint density at radius 1 is 0.537 bits per heavy atom. The molecule has 0 amide bonds. The molecule has 0 unspecified atom stereocenters. The van der Waals surface area contributed by atoms with E-state index in [9.17, 15) is 31.1 Å². The third-order valence-electron chi connectivity index (χ3n) is 7.93. The Labute approximate surface area is 313 Å². The monoisotopic (exact) mass is 758 g/mol. The third-order valence-corrected chi connectivity index (χ3v) is 8.23. The van der Waals surface area contributed by atoms with Crippen molar-refractivity contribution in [3.63, 3.8) is 0 Å². The lowest BCUT2D eigenvalue weighted by Crippen LogP contribution is -2.11. The van der Waals surface area contributed by atoms with E-state index in [1.54, 1.807) is 18.3 Å². The Hall–Kier alpha value is -5.88. The Balaban J connectivity index is 0.000000208. The van der Waals surface area contributed by atoms with Gasteiger partial charge in [0.1, 0.15) is 22.9 Å². The summed E-state index contributed by atoms with van der Waals surface area (Å²) in [6.45, 7) is 4.25. The van der Waals surface area contributed by atoms with Crippen LogP contribution in [0.1, 0.15) is 54.0 Å². The number of nitrogens with zero attached hydrogens (tertiary/aromatic N) is 2. The number of rotatable bonds is 10. The maximum atomic E-state index is 13.3. The standard InChI is InChI=1S/C21H16F3NO2.C21H16F3NOS/c1-2-3-13-4-6-14(7-5-13)15-8-9-19(25-12-15)21(26)27-16-10-17(22)20(24)18(23)11-16;1-2-3-13-4-6-14(7-5-13)15-8-9-19(25-12-15)21(27)26-16-10-17(22)20(24)18(23)11-16/h2*4-12H,2-3H2,1H3. The predicted octanol–water partition coefficient (Wildman–Crippen LogP) is 11.2. The SMILES string of the molecule is CCCc1ccc(-c2ccc(C(=O)Oc3cc(F)c(F)c(F)c3)nc2)cc1.CCCc1ccc(-c2ccc(C(=S)Oc3cc(F)c(F)c(F)c3)nc2)cc1. The van der Waals surface area contributed by atoms with E-state index >= 15 is 0 Å². The summed E-state index contributed by atoms with van der Waals surface area (Å²) in [5, 5.41) is -0.0646. The van der Waals surface area contributed by atoms with Gasteiger partial charge in [0.2, 0.25) is 5.05 Å². The number of aryl methyl sites for hydroxylation is 2. The van der Waals surface area contributed by atoms with Gasteiger partial charge in [0.15, 0.2) is 34.9 Å². The number of aromatic nitrogens is 2. The van der Waals surface area contributed by atoms with Crippen LogP contribution in [-0.2, 0) is 12.8 Å². The highest BCUT2D eigenvalue weighted by molar-refractivity contribution is 7.80. The maximum Gasteiger partial charge on any atom is 0.362 e. The Bertz CT molecular complexity index is 2030. The molecule has 0 atom stereocenters. The molecule has 276 valence electrons. The summed E-state index contributed by atoms with van der Waals surface area (Å²) in [6.07, 6.45) is 7.36. The van der Waals surface area contributed by atoms with Gasteiger partial charge in [-0.2, -0.15) is 0 Å². The molecule has 54 heavy (non-hydrogen) atoms. The normalized spacial score (nSPS) is 10.7. The molecule has 0 bridgehead atoms. The summed E-state index contributed by atoms with van der Waals surface area (Å²) in [5.74, 6) is -10.3. The molecule has 12 heteroatoms. The van der Waals surface area contributed by atoms with Crippen LogP contribution in [0.3, 0.4) is 0 Å². The van der Waals surface area contributed by atoms with Crippen LogP contribution in [0.2, 0.25) is 0 Å². The van der Waals surface area contributed by atoms with E-state index < -0.39 is 46.6 Å². The zero-order valence-electron chi connectivity index (χ0n) is 29.0. The van der Waals surface area contributed by atoms with Gasteiger partial charge in [-0.25, -0.2) is 36.1 Å². The summed E-state index contributed by atoms with van der Waals surface area (Å²) >= 11 is 5.10. The zero-order chi connectivity index (χ0) is 38.8. The van der Waals surface area contributed by atoms with E-state index in [0.717, 1.165) is 60.1 Å². The minimum absolute atomic E-state index is 0.0357. The zero-order valence-corrected chi connectivity index (χ0v) is 29.8. The van der Waals surface area contributed by atoms with Crippen molar-refractivity contribution in [2.75, 3.05) is 0 Å². The van der Waals surface area contributed by atoms with Crippen LogP contribution in [0.4, 0.5) is 26.3 Å². The van der Waals surface area contributed by atoms with Gasteiger partial charge in [-0.05, 0) is 59.4 Å². The van der Waals surface area contributed by atoms with Crippen LogP contribution < -0.4 is 9.47 Å². The van der Waals surface area contributed by atoms with E-state index in [1.165, 1.54) is 23.4 Å². The molecule has 2 heterocycles. The molecule has 4 aromatic carbocycles. The molecular formula is C42H32F6N2O3S. The fourth-order valence-electron chi connectivity index (χ4n) is 5.18. The summed E-state index contributed by atoms with van der Waals surface area (Å²) in [5.41, 5.74) is 6.51. The lowest BCUT2D eigenvalue weighted by molar-refractivity contribution is 0.0727. The molecule has 2 aromatic heterocycles. The van der Waals surface area contributed by atoms with Gasteiger partial charge in [0.05, 0.1) is 0 Å². The van der Waals surface area contributed by atoms with Crippen molar-refractivity contribution in [3.8, 4) is 33.8 Å². The van der Waals surface area contributed by atoms with Crippen LogP contribution in [0.5, 0.6) is 11.5 Å². The quantitative estimate of drug-likeness (QED) is 0.0456. The summed E-state index contributed by atoms with van der Waals surface area (Å²) < 4.78 is 88.9. The first kappa shape index (κ1) is 39.3. The summed E-state index contributed by atoms with van der Waals surface area (Å²) in [7, 11) is 0. The minimum atomic E-state index is -1.62. The third kappa shape index (κ3) is 10.2. The van der Waals surface area contributed by atoms with Gasteiger partial charge in [0, 0.05) is 47.8 Å². The molecule has 0 aliphatic rings. The Morgan fingerprint density at radius 3 is 1.28 bits per heavy atom. The van der Waals surface area contributed by atoms with Crippen LogP contribution >= 0.6 is 12.2 Å². The van der Waals surface area contributed by atoms with Crippen LogP contribution in [0, 0.1) is 34.9 Å². The van der Waals surface area contributed by atoms with Crippen molar-refractivity contribution in [2.45, 2.75) is 39.5 Å². The molecule has 0 saturated heterocycles. The van der Waals surface area contributed by atoms with Crippen molar-refractivity contribution >= 4 is 23.2 Å². The second-order valence-corrected chi connectivity index (χ2v) is 12.3. The first-order valence-electron chi connectivity index (χ1n) is 16.8. The maximum absolute atomic E-state index is 13.3. The molecule has 0 saturated carbocycles. The number of halogens is 6. The second-order valence-electron chi connectivity index (χ2n) is 11.9. The van der Waals surface area contributed by atoms with Crippen molar-refractivity contribution < 1.29 is 40.6 Å². The molecule has 0 N–H and O–H groups in total. The number of carbonyl (C=O) groups is 1. The van der Waals surface area contributed by atoms with Crippen LogP contribution in [0.15, 0.2) is 109 Å². The number of thiocarbonyl (C=S) groups is 1. The average molecular weight is 759 g/mol. The Morgan fingerprint density at radius 2 is 0.907 bits per heavy atom. The van der Waals surface area contributed by atoms with Crippen molar-refractivity contribution in [1.29, 1.82) is 0 Å². The number of carbonyl (C=O) groups excluding carboxylic acids is 1. The predicted molar refractivity (Wildman–Crippen MR) is 197 cm³/mol. The van der Waals surface area contributed by atoms with E-state index in [4.69, 9.17) is 21.7 Å². The van der Waals surface area contributed by atoms with Gasteiger partial charge < -0.3 is 9.47 Å². The lowest BCUT2D eigenvalue weighted by Gasteiger charge is -2.08. The fraction of sp³-hybridized carbons (Fsp3) is 0.143. The van der Waals surface area contributed by atoms with Crippen LogP contribution in [0.25, 0.3) is 22.3 Å². The highest BCUT2D eigenvalue weighted by atomic mass is 32.1. The number of hydrogen-bond donors (Lipinski definition) is 0. The number of benzene rings is 4. The van der Waals surface area contributed by atoms with Gasteiger partial charge in [-0.1, -0.05) is 87.4 Å². The second kappa shape index (κ2) is 18.2. The molecule has 6 aromatic rings.